The largest absolute Gasteiger partial charge is 0.348 e. The molecule has 2 aromatic rings. The van der Waals surface area contributed by atoms with Crippen molar-refractivity contribution in [3.8, 4) is 0 Å². The van der Waals surface area contributed by atoms with E-state index in [2.05, 4.69) is 0 Å². The molecular formula is C20H20FNO3. The van der Waals surface area contributed by atoms with E-state index in [1.54, 1.807) is 17.0 Å². The minimum Gasteiger partial charge on any atom is -0.348 e. The van der Waals surface area contributed by atoms with Crippen molar-refractivity contribution in [1.82, 2.24) is 0 Å². The molecule has 130 valence electrons. The van der Waals surface area contributed by atoms with Crippen molar-refractivity contribution in [2.75, 3.05) is 11.5 Å². The summed E-state index contributed by atoms with van der Waals surface area (Å²) in [5.41, 5.74) is 1.72. The van der Waals surface area contributed by atoms with Crippen LogP contribution in [0.15, 0.2) is 54.6 Å². The quantitative estimate of drug-likeness (QED) is 0.800. The molecule has 2 fully saturated rings. The van der Waals surface area contributed by atoms with Crippen molar-refractivity contribution in [2.45, 2.75) is 31.8 Å². The fourth-order valence-electron chi connectivity index (χ4n) is 3.66. The van der Waals surface area contributed by atoms with E-state index >= 15 is 0 Å². The minimum atomic E-state index is -0.678. The van der Waals surface area contributed by atoms with Crippen LogP contribution in [0.5, 0.6) is 0 Å². The zero-order chi connectivity index (χ0) is 17.6. The maximum Gasteiger partial charge on any atom is 0.235 e. The van der Waals surface area contributed by atoms with Crippen molar-refractivity contribution in [3.63, 3.8) is 0 Å². The molecule has 0 N–H and O–H groups in total. The van der Waals surface area contributed by atoms with E-state index in [0.717, 1.165) is 5.56 Å². The maximum absolute atomic E-state index is 13.3. The van der Waals surface area contributed by atoms with Gasteiger partial charge in [0.2, 0.25) is 5.91 Å². The number of anilines is 1. The number of halogens is 1. The molecule has 1 amide bonds. The van der Waals surface area contributed by atoms with Gasteiger partial charge in [0.15, 0.2) is 5.79 Å². The van der Waals surface area contributed by atoms with Crippen LogP contribution in [0.2, 0.25) is 0 Å². The summed E-state index contributed by atoms with van der Waals surface area (Å²) in [7, 11) is 0. The molecule has 0 spiro atoms. The molecule has 0 unspecified atom stereocenters. The number of hydrogen-bond acceptors (Lipinski definition) is 3. The molecule has 3 atom stereocenters. The first kappa shape index (κ1) is 16.2. The van der Waals surface area contributed by atoms with Crippen molar-refractivity contribution >= 4 is 11.6 Å². The van der Waals surface area contributed by atoms with Gasteiger partial charge in [0, 0.05) is 5.69 Å². The predicted octanol–water partition coefficient (Wildman–Crippen LogP) is 3.68. The molecule has 2 heterocycles. The number of carbonyl (C=O) groups excluding carboxylic acids is 1. The van der Waals surface area contributed by atoms with Gasteiger partial charge in [-0.15, -0.1) is 0 Å². The molecule has 0 bridgehead atoms. The lowest BCUT2D eigenvalue weighted by atomic mass is 9.78. The summed E-state index contributed by atoms with van der Waals surface area (Å²) >= 11 is 0. The number of hydrogen-bond donors (Lipinski definition) is 0. The van der Waals surface area contributed by atoms with Crippen LogP contribution < -0.4 is 4.90 Å². The highest BCUT2D eigenvalue weighted by molar-refractivity contribution is 6.03. The molecule has 5 heteroatoms. The molecule has 4 nitrogen and oxygen atoms in total. The predicted molar refractivity (Wildman–Crippen MR) is 91.5 cm³/mol. The molecule has 0 aliphatic carbocycles. The van der Waals surface area contributed by atoms with Crippen molar-refractivity contribution in [2.24, 2.45) is 5.92 Å². The Hall–Kier alpha value is -2.24. The maximum atomic E-state index is 13.3. The van der Waals surface area contributed by atoms with Crippen LogP contribution in [0.3, 0.4) is 0 Å². The average Bonchev–Trinajstić information content (AvgIpc) is 2.94. The summed E-state index contributed by atoms with van der Waals surface area (Å²) in [4.78, 5) is 14.6. The molecule has 0 radical (unpaired) electrons. The Morgan fingerprint density at radius 3 is 2.36 bits per heavy atom. The number of nitrogens with zero attached hydrogens (tertiary/aromatic N) is 1. The lowest BCUT2D eigenvalue weighted by molar-refractivity contribution is -0.157. The molecule has 0 saturated carbocycles. The topological polar surface area (TPSA) is 38.8 Å². The monoisotopic (exact) mass is 341 g/mol. The summed E-state index contributed by atoms with van der Waals surface area (Å²) in [5.74, 6) is -1.33. The van der Waals surface area contributed by atoms with E-state index < -0.39 is 5.79 Å². The number of rotatable bonds is 3. The Bertz CT molecular complexity index is 775. The summed E-state index contributed by atoms with van der Waals surface area (Å²) in [6.07, 6.45) is -0.288. The van der Waals surface area contributed by atoms with Crippen LogP contribution in [0.25, 0.3) is 0 Å². The van der Waals surface area contributed by atoms with Crippen molar-refractivity contribution in [1.29, 1.82) is 0 Å². The van der Waals surface area contributed by atoms with Gasteiger partial charge in [-0.1, -0.05) is 30.3 Å². The lowest BCUT2D eigenvalue weighted by Gasteiger charge is -2.49. The molecular weight excluding hydrogens is 321 g/mol. The van der Waals surface area contributed by atoms with Crippen LogP contribution in [-0.2, 0) is 14.3 Å². The smallest absolute Gasteiger partial charge is 0.235 e. The summed E-state index contributed by atoms with van der Waals surface area (Å²) in [6, 6.07) is 15.7. The first-order valence-corrected chi connectivity index (χ1v) is 8.42. The van der Waals surface area contributed by atoms with Crippen LogP contribution in [0, 0.1) is 11.7 Å². The summed E-state index contributed by atoms with van der Waals surface area (Å²) in [5, 5.41) is 0. The Morgan fingerprint density at radius 2 is 1.76 bits per heavy atom. The minimum absolute atomic E-state index is 0.0215. The third kappa shape index (κ3) is 2.83. The number of carbonyl (C=O) groups is 1. The van der Waals surface area contributed by atoms with E-state index in [-0.39, 0.29) is 29.8 Å². The third-order valence-electron chi connectivity index (χ3n) is 4.82. The number of ether oxygens (including phenoxy) is 2. The van der Waals surface area contributed by atoms with Crippen LogP contribution in [0.1, 0.15) is 25.5 Å². The van der Waals surface area contributed by atoms with E-state index in [1.807, 2.05) is 44.2 Å². The Labute approximate surface area is 146 Å². The second-order valence-electron chi connectivity index (χ2n) is 6.93. The first-order valence-electron chi connectivity index (χ1n) is 8.42. The average molecular weight is 341 g/mol. The Balaban J connectivity index is 1.68. The van der Waals surface area contributed by atoms with Crippen LogP contribution >= 0.6 is 0 Å². The molecule has 0 aromatic heterocycles. The van der Waals surface area contributed by atoms with Gasteiger partial charge in [-0.05, 0) is 43.7 Å². The first-order chi connectivity index (χ1) is 12.0. The fourth-order valence-corrected chi connectivity index (χ4v) is 3.66. The van der Waals surface area contributed by atoms with Crippen molar-refractivity contribution < 1.29 is 18.7 Å². The van der Waals surface area contributed by atoms with E-state index in [9.17, 15) is 9.18 Å². The van der Waals surface area contributed by atoms with Gasteiger partial charge < -0.3 is 14.4 Å². The van der Waals surface area contributed by atoms with E-state index in [1.165, 1.54) is 12.1 Å². The zero-order valence-corrected chi connectivity index (χ0v) is 14.2. The number of β-lactam (4-membered cyclic amide) rings is 1. The van der Waals surface area contributed by atoms with Gasteiger partial charge >= 0.3 is 0 Å². The van der Waals surface area contributed by atoms with Crippen molar-refractivity contribution in [3.05, 3.63) is 66.0 Å². The molecule has 25 heavy (non-hydrogen) atoms. The highest BCUT2D eigenvalue weighted by atomic mass is 19.1. The number of amides is 1. The van der Waals surface area contributed by atoms with Gasteiger partial charge in [-0.3, -0.25) is 4.79 Å². The van der Waals surface area contributed by atoms with E-state index in [0.29, 0.717) is 12.3 Å². The highest BCUT2D eigenvalue weighted by Crippen LogP contribution is 2.47. The highest BCUT2D eigenvalue weighted by Gasteiger charge is 2.55. The SMILES string of the molecule is CC1(C)OC[C@@H]([C@@H]2C(=O)N(c3ccc(F)cc3)[C@@H]2c2ccccc2)O1. The lowest BCUT2D eigenvalue weighted by Crippen LogP contribution is -2.60. The molecule has 2 aromatic carbocycles. The van der Waals surface area contributed by atoms with E-state index in [4.69, 9.17) is 9.47 Å². The van der Waals surface area contributed by atoms with Crippen LogP contribution in [-0.4, -0.2) is 24.4 Å². The molecule has 4 rings (SSSR count). The van der Waals surface area contributed by atoms with Gasteiger partial charge in [0.1, 0.15) is 5.82 Å². The number of benzene rings is 2. The third-order valence-corrected chi connectivity index (χ3v) is 4.82. The Morgan fingerprint density at radius 1 is 1.08 bits per heavy atom. The fraction of sp³-hybridized carbons (Fsp3) is 0.350. The van der Waals surface area contributed by atoms with Gasteiger partial charge in [-0.2, -0.15) is 0 Å². The van der Waals surface area contributed by atoms with Gasteiger partial charge in [0.25, 0.3) is 0 Å². The van der Waals surface area contributed by atoms with Gasteiger partial charge in [-0.25, -0.2) is 4.39 Å². The van der Waals surface area contributed by atoms with Gasteiger partial charge in [0.05, 0.1) is 24.7 Å². The summed E-state index contributed by atoms with van der Waals surface area (Å²) in [6.45, 7) is 4.10. The second kappa shape index (κ2) is 5.93. The summed E-state index contributed by atoms with van der Waals surface area (Å²) < 4.78 is 24.9. The molecule has 2 aliphatic heterocycles. The standard InChI is InChI=1S/C20H20FNO3/c1-20(2)24-12-16(25-20)17-18(13-6-4-3-5-7-13)22(19(17)23)15-10-8-14(21)9-11-15/h3-11,16-18H,12H2,1-2H3/t16-,17-,18+/m0/s1. The van der Waals surface area contributed by atoms with Crippen LogP contribution in [0.4, 0.5) is 10.1 Å². The molecule has 2 aliphatic rings. The normalized spacial score (nSPS) is 28.0. The molecule has 2 saturated heterocycles. The second-order valence-corrected chi connectivity index (χ2v) is 6.93. The zero-order valence-electron chi connectivity index (χ0n) is 14.2. The Kier molecular flexibility index (Phi) is 3.85.